The molecule has 0 spiro atoms. The number of hydrogen-bond acceptors (Lipinski definition) is 5. The monoisotopic (exact) mass is 331 g/mol. The van der Waals surface area contributed by atoms with Crippen LogP contribution in [-0.2, 0) is 6.42 Å². The van der Waals surface area contributed by atoms with Crippen LogP contribution in [0.3, 0.4) is 0 Å². The molecule has 1 aliphatic heterocycles. The van der Waals surface area contributed by atoms with Crippen LogP contribution in [0.15, 0.2) is 29.9 Å². The number of β-amino-alcohol motifs (C(OH)–C–C–N with tert-alkyl or cyclic N) is 1. The molecule has 1 N–H and O–H groups in total. The molecule has 0 saturated carbocycles. The van der Waals surface area contributed by atoms with Gasteiger partial charge in [-0.25, -0.2) is 4.98 Å². The molecule has 6 heteroatoms. The Morgan fingerprint density at radius 2 is 2.13 bits per heavy atom. The number of amides is 1. The van der Waals surface area contributed by atoms with Crippen molar-refractivity contribution < 1.29 is 9.90 Å². The van der Waals surface area contributed by atoms with E-state index in [1.165, 1.54) is 11.3 Å². The lowest BCUT2D eigenvalue weighted by molar-refractivity contribution is 0.0764. The average Bonchev–Trinajstić information content (AvgIpc) is 3.16. The Morgan fingerprint density at radius 3 is 2.78 bits per heavy atom. The predicted molar refractivity (Wildman–Crippen MR) is 89.5 cm³/mol. The number of rotatable bonds is 4. The second-order valence-electron chi connectivity index (χ2n) is 6.33. The van der Waals surface area contributed by atoms with E-state index in [1.54, 1.807) is 17.3 Å². The number of nitrogens with zero attached hydrogens (tertiary/aromatic N) is 3. The van der Waals surface area contributed by atoms with Crippen LogP contribution in [0.4, 0.5) is 0 Å². The Labute approximate surface area is 140 Å². The van der Waals surface area contributed by atoms with Crippen LogP contribution < -0.4 is 0 Å². The molecule has 3 rings (SSSR count). The van der Waals surface area contributed by atoms with Crippen LogP contribution in [-0.4, -0.2) is 45.1 Å². The molecule has 1 fully saturated rings. The quantitative estimate of drug-likeness (QED) is 0.934. The number of carbonyl (C=O) groups is 1. The molecule has 5 nitrogen and oxygen atoms in total. The lowest BCUT2D eigenvalue weighted by Gasteiger charge is -2.14. The van der Waals surface area contributed by atoms with Gasteiger partial charge in [0.25, 0.3) is 5.91 Å². The summed E-state index contributed by atoms with van der Waals surface area (Å²) in [7, 11) is 0. The van der Waals surface area contributed by atoms with Crippen LogP contribution in [0, 0.1) is 5.92 Å². The van der Waals surface area contributed by atoms with Crippen LogP contribution in [0.2, 0.25) is 0 Å². The number of carbonyl (C=O) groups excluding carboxylic acids is 1. The normalized spacial score (nSPS) is 21.1. The molecule has 2 aromatic heterocycles. The minimum Gasteiger partial charge on any atom is -0.391 e. The molecule has 0 radical (unpaired) electrons. The van der Waals surface area contributed by atoms with E-state index in [4.69, 9.17) is 0 Å². The van der Waals surface area contributed by atoms with Gasteiger partial charge in [-0.3, -0.25) is 9.78 Å². The van der Waals surface area contributed by atoms with Gasteiger partial charge < -0.3 is 10.0 Å². The van der Waals surface area contributed by atoms with Gasteiger partial charge in [0, 0.05) is 36.8 Å². The second kappa shape index (κ2) is 6.76. The molecule has 0 unspecified atom stereocenters. The van der Waals surface area contributed by atoms with E-state index in [1.807, 2.05) is 17.5 Å². The van der Waals surface area contributed by atoms with E-state index in [2.05, 4.69) is 23.8 Å². The molecular weight excluding hydrogens is 310 g/mol. The van der Waals surface area contributed by atoms with Crippen molar-refractivity contribution in [2.45, 2.75) is 32.3 Å². The summed E-state index contributed by atoms with van der Waals surface area (Å²) in [4.78, 5) is 22.7. The van der Waals surface area contributed by atoms with Crippen molar-refractivity contribution in [3.05, 3.63) is 46.2 Å². The zero-order valence-corrected chi connectivity index (χ0v) is 14.2. The third-order valence-corrected chi connectivity index (χ3v) is 5.09. The summed E-state index contributed by atoms with van der Waals surface area (Å²) in [5, 5.41) is 12.7. The maximum atomic E-state index is 12.6. The Kier molecular flexibility index (Phi) is 4.73. The predicted octanol–water partition coefficient (Wildman–Crippen LogP) is 2.34. The van der Waals surface area contributed by atoms with Crippen molar-refractivity contribution in [3.8, 4) is 0 Å². The van der Waals surface area contributed by atoms with Crippen molar-refractivity contribution in [1.29, 1.82) is 0 Å². The van der Waals surface area contributed by atoms with Crippen LogP contribution in [0.5, 0.6) is 0 Å². The van der Waals surface area contributed by atoms with Gasteiger partial charge >= 0.3 is 0 Å². The standard InChI is InChI=1S/C17H21N3O2S/c1-11(2)14-10-23-16(19-14)17(22)20-8-13(15(21)9-20)7-12-3-5-18-6-4-12/h3-6,10-11,13,15,21H,7-9H2,1-2H3/t13-,15+/m1/s1. The van der Waals surface area contributed by atoms with Gasteiger partial charge in [0.2, 0.25) is 0 Å². The topological polar surface area (TPSA) is 66.3 Å². The number of likely N-dealkylation sites (tertiary alicyclic amines) is 1. The lowest BCUT2D eigenvalue weighted by Crippen LogP contribution is -2.29. The summed E-state index contributed by atoms with van der Waals surface area (Å²) in [6, 6.07) is 3.90. The van der Waals surface area contributed by atoms with Crippen molar-refractivity contribution in [2.75, 3.05) is 13.1 Å². The van der Waals surface area contributed by atoms with Gasteiger partial charge in [0.1, 0.15) is 0 Å². The SMILES string of the molecule is CC(C)c1csc(C(=O)N2C[C@@H](Cc3ccncc3)[C@@H](O)C2)n1. The highest BCUT2D eigenvalue weighted by Crippen LogP contribution is 2.25. The van der Waals surface area contributed by atoms with E-state index >= 15 is 0 Å². The first-order valence-electron chi connectivity index (χ1n) is 7.86. The van der Waals surface area contributed by atoms with Crippen LogP contribution in [0.1, 0.15) is 40.8 Å². The van der Waals surface area contributed by atoms with Gasteiger partial charge in [-0.1, -0.05) is 13.8 Å². The summed E-state index contributed by atoms with van der Waals surface area (Å²) in [5.41, 5.74) is 2.08. The highest BCUT2D eigenvalue weighted by atomic mass is 32.1. The Hall–Kier alpha value is -1.79. The molecule has 122 valence electrons. The van der Waals surface area contributed by atoms with Gasteiger partial charge in [-0.2, -0.15) is 0 Å². The van der Waals surface area contributed by atoms with Gasteiger partial charge in [0.15, 0.2) is 5.01 Å². The molecule has 1 amide bonds. The first-order valence-corrected chi connectivity index (χ1v) is 8.74. The highest BCUT2D eigenvalue weighted by Gasteiger charge is 2.35. The molecule has 2 atom stereocenters. The van der Waals surface area contributed by atoms with Crippen LogP contribution >= 0.6 is 11.3 Å². The molecule has 1 saturated heterocycles. The summed E-state index contributed by atoms with van der Waals surface area (Å²) in [6.45, 7) is 5.07. The summed E-state index contributed by atoms with van der Waals surface area (Å²) >= 11 is 1.39. The fraction of sp³-hybridized carbons (Fsp3) is 0.471. The minimum absolute atomic E-state index is 0.0610. The summed E-state index contributed by atoms with van der Waals surface area (Å²) in [6.07, 6.45) is 3.77. The Balaban J connectivity index is 1.66. The maximum absolute atomic E-state index is 12.6. The molecule has 3 heterocycles. The van der Waals surface area contributed by atoms with E-state index in [-0.39, 0.29) is 11.8 Å². The minimum atomic E-state index is -0.489. The van der Waals surface area contributed by atoms with Crippen molar-refractivity contribution >= 4 is 17.2 Å². The molecule has 0 aliphatic carbocycles. The van der Waals surface area contributed by atoms with Gasteiger partial charge in [0.05, 0.1) is 11.8 Å². The average molecular weight is 331 g/mol. The maximum Gasteiger partial charge on any atom is 0.282 e. The van der Waals surface area contributed by atoms with E-state index in [9.17, 15) is 9.90 Å². The summed E-state index contributed by atoms with van der Waals surface area (Å²) in [5.74, 6) is 0.306. The number of hydrogen-bond donors (Lipinski definition) is 1. The second-order valence-corrected chi connectivity index (χ2v) is 7.19. The largest absolute Gasteiger partial charge is 0.391 e. The molecule has 0 aromatic carbocycles. The van der Waals surface area contributed by atoms with E-state index in [0.29, 0.717) is 24.0 Å². The molecule has 1 aliphatic rings. The van der Waals surface area contributed by atoms with Crippen molar-refractivity contribution in [1.82, 2.24) is 14.9 Å². The van der Waals surface area contributed by atoms with Gasteiger partial charge in [-0.15, -0.1) is 11.3 Å². The van der Waals surface area contributed by atoms with Crippen molar-refractivity contribution in [2.24, 2.45) is 5.92 Å². The first-order chi connectivity index (χ1) is 11.0. The molecule has 0 bridgehead atoms. The Morgan fingerprint density at radius 1 is 1.39 bits per heavy atom. The zero-order chi connectivity index (χ0) is 16.4. The third kappa shape index (κ3) is 3.59. The number of aliphatic hydroxyl groups is 1. The highest BCUT2D eigenvalue weighted by molar-refractivity contribution is 7.11. The lowest BCUT2D eigenvalue weighted by atomic mass is 9.97. The van der Waals surface area contributed by atoms with Crippen molar-refractivity contribution in [3.63, 3.8) is 0 Å². The molecule has 23 heavy (non-hydrogen) atoms. The fourth-order valence-electron chi connectivity index (χ4n) is 2.83. The van der Waals surface area contributed by atoms with Crippen LogP contribution in [0.25, 0.3) is 0 Å². The molecular formula is C17H21N3O2S. The number of aromatic nitrogens is 2. The molecule has 2 aromatic rings. The van der Waals surface area contributed by atoms with E-state index < -0.39 is 6.10 Å². The number of aliphatic hydroxyl groups excluding tert-OH is 1. The van der Waals surface area contributed by atoms with E-state index in [0.717, 1.165) is 17.7 Å². The number of pyridine rings is 1. The smallest absolute Gasteiger partial charge is 0.282 e. The zero-order valence-electron chi connectivity index (χ0n) is 13.3. The van der Waals surface area contributed by atoms with Gasteiger partial charge in [-0.05, 0) is 30.0 Å². The fourth-order valence-corrected chi connectivity index (χ4v) is 3.77. The first kappa shape index (κ1) is 16.1. The summed E-state index contributed by atoms with van der Waals surface area (Å²) < 4.78 is 0. The number of thiazole rings is 1. The third-order valence-electron chi connectivity index (χ3n) is 4.24. The Bertz CT molecular complexity index is 671.